The number of rotatable bonds is 3. The Balaban J connectivity index is 1.73. The van der Waals surface area contributed by atoms with Crippen LogP contribution in [0.25, 0.3) is 0 Å². The third-order valence-corrected chi connectivity index (χ3v) is 4.37. The summed E-state index contributed by atoms with van der Waals surface area (Å²) < 4.78 is 10.9. The fraction of sp³-hybridized carbons (Fsp3) is 0.133. The summed E-state index contributed by atoms with van der Waals surface area (Å²) in [5, 5.41) is 3.63. The minimum absolute atomic E-state index is 0.0111. The number of fused-ring (bicyclic) bond motifs is 1. The molecule has 3 N–H and O–H groups in total. The maximum absolute atomic E-state index is 12.1. The maximum atomic E-state index is 12.1. The summed E-state index contributed by atoms with van der Waals surface area (Å²) in [6.07, 6.45) is 1.44. The highest BCUT2D eigenvalue weighted by molar-refractivity contribution is 6.46. The van der Waals surface area contributed by atoms with Crippen molar-refractivity contribution < 1.29 is 14.3 Å². The Morgan fingerprint density at radius 2 is 1.92 bits per heavy atom. The fourth-order valence-corrected chi connectivity index (χ4v) is 2.63. The molecule has 1 aliphatic heterocycles. The van der Waals surface area contributed by atoms with Crippen molar-refractivity contribution in [3.8, 4) is 11.5 Å². The number of aromatic nitrogens is 1. The van der Waals surface area contributed by atoms with Gasteiger partial charge in [0.15, 0.2) is 22.3 Å². The second kappa shape index (κ2) is 7.35. The van der Waals surface area contributed by atoms with Crippen molar-refractivity contribution in [2.45, 2.75) is 0 Å². The number of benzene rings is 1. The van der Waals surface area contributed by atoms with Gasteiger partial charge in [-0.25, -0.2) is 10.4 Å². The number of nitrogens with one attached hydrogen (secondary N) is 1. The van der Waals surface area contributed by atoms with Crippen molar-refractivity contribution in [1.29, 1.82) is 0 Å². The molecule has 0 fully saturated rings. The molecule has 10 heteroatoms. The zero-order valence-electron chi connectivity index (χ0n) is 12.6. The number of nitrogens with zero attached hydrogens (tertiary/aromatic N) is 2. The van der Waals surface area contributed by atoms with Gasteiger partial charge in [-0.1, -0.05) is 34.8 Å². The average Bonchev–Trinajstić information content (AvgIpc) is 2.62. The number of pyridine rings is 1. The molecule has 0 radical (unpaired) electrons. The molecule has 2 heterocycles. The largest absolute Gasteiger partial charge is 0.486 e. The van der Waals surface area contributed by atoms with Crippen LogP contribution in [0.3, 0.4) is 0 Å². The van der Waals surface area contributed by atoms with Gasteiger partial charge < -0.3 is 15.2 Å². The molecule has 130 valence electrons. The number of hydrogen-bond donors (Lipinski definition) is 2. The lowest BCUT2D eigenvalue weighted by Crippen LogP contribution is -2.20. The highest BCUT2D eigenvalue weighted by Gasteiger charge is 2.19. The Morgan fingerprint density at radius 1 is 1.20 bits per heavy atom. The first-order chi connectivity index (χ1) is 12.0. The summed E-state index contributed by atoms with van der Waals surface area (Å²) in [5.41, 5.74) is 8.48. The lowest BCUT2D eigenvalue weighted by atomic mass is 10.2. The van der Waals surface area contributed by atoms with Crippen LogP contribution in [0.2, 0.25) is 15.2 Å². The normalized spacial score (nSPS) is 13.1. The summed E-state index contributed by atoms with van der Waals surface area (Å²) in [6, 6.07) is 5.27. The molecule has 1 aromatic carbocycles. The van der Waals surface area contributed by atoms with Gasteiger partial charge in [0.1, 0.15) is 18.2 Å². The Bertz CT molecular complexity index is 874. The molecule has 0 atom stereocenters. The van der Waals surface area contributed by atoms with Gasteiger partial charge >= 0.3 is 0 Å². The second-order valence-corrected chi connectivity index (χ2v) is 6.01. The first kappa shape index (κ1) is 17.6. The van der Waals surface area contributed by atoms with Crippen LogP contribution in [0.4, 0.5) is 5.69 Å². The van der Waals surface area contributed by atoms with E-state index in [0.717, 1.165) is 0 Å². The van der Waals surface area contributed by atoms with Gasteiger partial charge in [0, 0.05) is 0 Å². The molecule has 0 bridgehead atoms. The number of halogens is 3. The van der Waals surface area contributed by atoms with E-state index in [0.29, 0.717) is 30.3 Å². The first-order valence-corrected chi connectivity index (χ1v) is 8.13. The highest BCUT2D eigenvalue weighted by Crippen LogP contribution is 2.34. The van der Waals surface area contributed by atoms with Crippen LogP contribution in [0.5, 0.6) is 11.5 Å². The summed E-state index contributed by atoms with van der Waals surface area (Å²) in [6.45, 7) is 0.990. The standard InChI is InChI=1S/C15H11Cl3N4O3/c16-10-12(19)11(17)14(18)21-13(10)15(23)22-20-6-7-1-2-8-9(5-7)25-4-3-24-8/h1-2,5-6H,3-4H2,(H2,19,21)(H,22,23)/b20-6+. The number of nitrogens with two attached hydrogens (primary N) is 1. The van der Waals surface area contributed by atoms with Crippen molar-refractivity contribution in [3.05, 3.63) is 44.7 Å². The number of hydrogen-bond acceptors (Lipinski definition) is 6. The summed E-state index contributed by atoms with van der Waals surface area (Å²) in [5.74, 6) is 0.599. The molecular weight excluding hydrogens is 391 g/mol. The van der Waals surface area contributed by atoms with Gasteiger partial charge in [-0.2, -0.15) is 5.10 Å². The minimum atomic E-state index is -0.677. The van der Waals surface area contributed by atoms with E-state index in [-0.39, 0.29) is 26.6 Å². The highest BCUT2D eigenvalue weighted by atomic mass is 35.5. The van der Waals surface area contributed by atoms with E-state index in [2.05, 4.69) is 15.5 Å². The predicted molar refractivity (Wildman–Crippen MR) is 96.2 cm³/mol. The molecule has 0 saturated carbocycles. The topological polar surface area (TPSA) is 98.8 Å². The predicted octanol–water partition coefficient (Wildman–Crippen LogP) is 3.16. The van der Waals surface area contributed by atoms with Gasteiger partial charge in [-0.3, -0.25) is 4.79 Å². The van der Waals surface area contributed by atoms with E-state index in [1.807, 2.05) is 0 Å². The van der Waals surface area contributed by atoms with Crippen molar-refractivity contribution >= 4 is 52.6 Å². The van der Waals surface area contributed by atoms with Crippen molar-refractivity contribution in [2.24, 2.45) is 5.10 Å². The van der Waals surface area contributed by atoms with Crippen molar-refractivity contribution in [1.82, 2.24) is 10.4 Å². The molecule has 3 rings (SSSR count). The third-order valence-electron chi connectivity index (χ3n) is 3.23. The molecular formula is C15H11Cl3N4O3. The van der Waals surface area contributed by atoms with Gasteiger partial charge in [0.05, 0.1) is 16.9 Å². The second-order valence-electron chi connectivity index (χ2n) is 4.90. The minimum Gasteiger partial charge on any atom is -0.486 e. The monoisotopic (exact) mass is 400 g/mol. The zero-order valence-corrected chi connectivity index (χ0v) is 14.8. The fourth-order valence-electron chi connectivity index (χ4n) is 2.04. The van der Waals surface area contributed by atoms with E-state index < -0.39 is 5.91 Å². The molecule has 1 aromatic heterocycles. The van der Waals surface area contributed by atoms with Gasteiger partial charge in [0.25, 0.3) is 5.91 Å². The summed E-state index contributed by atoms with van der Waals surface area (Å²) in [7, 11) is 0. The number of carbonyl (C=O) groups excluding carboxylic acids is 1. The quantitative estimate of drug-likeness (QED) is 0.467. The molecule has 25 heavy (non-hydrogen) atoms. The maximum Gasteiger partial charge on any atom is 0.291 e. The lowest BCUT2D eigenvalue weighted by molar-refractivity contribution is 0.0950. The number of amides is 1. The van der Waals surface area contributed by atoms with Crippen LogP contribution in [-0.4, -0.2) is 30.3 Å². The molecule has 0 saturated heterocycles. The van der Waals surface area contributed by atoms with Crippen LogP contribution >= 0.6 is 34.8 Å². The van der Waals surface area contributed by atoms with E-state index >= 15 is 0 Å². The number of carbonyl (C=O) groups is 1. The van der Waals surface area contributed by atoms with Crippen LogP contribution in [0.1, 0.15) is 16.1 Å². The van der Waals surface area contributed by atoms with E-state index in [4.69, 9.17) is 50.0 Å². The molecule has 0 unspecified atom stereocenters. The zero-order chi connectivity index (χ0) is 18.0. The SMILES string of the molecule is Nc1c(Cl)c(Cl)nc(C(=O)N/N=C/c2ccc3c(c2)OCCO3)c1Cl. The lowest BCUT2D eigenvalue weighted by Gasteiger charge is -2.18. The van der Waals surface area contributed by atoms with Crippen molar-refractivity contribution in [3.63, 3.8) is 0 Å². The van der Waals surface area contributed by atoms with Gasteiger partial charge in [0.2, 0.25) is 0 Å². The molecule has 2 aromatic rings. The molecule has 1 amide bonds. The summed E-state index contributed by atoms with van der Waals surface area (Å²) >= 11 is 17.6. The van der Waals surface area contributed by atoms with Crippen LogP contribution < -0.4 is 20.6 Å². The summed E-state index contributed by atoms with van der Waals surface area (Å²) in [4.78, 5) is 15.9. The molecule has 0 aliphatic carbocycles. The smallest absolute Gasteiger partial charge is 0.291 e. The average molecular weight is 402 g/mol. The van der Waals surface area contributed by atoms with Crippen LogP contribution in [0, 0.1) is 0 Å². The molecule has 1 aliphatic rings. The number of nitrogen functional groups attached to an aromatic ring is 1. The Morgan fingerprint density at radius 3 is 2.68 bits per heavy atom. The number of anilines is 1. The first-order valence-electron chi connectivity index (χ1n) is 7.00. The van der Waals surface area contributed by atoms with Crippen molar-refractivity contribution in [2.75, 3.05) is 18.9 Å². The van der Waals surface area contributed by atoms with E-state index in [1.165, 1.54) is 6.21 Å². The van der Waals surface area contributed by atoms with Crippen LogP contribution in [-0.2, 0) is 0 Å². The Kier molecular flexibility index (Phi) is 5.17. The van der Waals surface area contributed by atoms with E-state index in [9.17, 15) is 4.79 Å². The third kappa shape index (κ3) is 3.73. The van der Waals surface area contributed by atoms with Gasteiger partial charge in [-0.15, -0.1) is 0 Å². The van der Waals surface area contributed by atoms with Crippen LogP contribution in [0.15, 0.2) is 23.3 Å². The van der Waals surface area contributed by atoms with Gasteiger partial charge in [-0.05, 0) is 23.8 Å². The number of ether oxygens (including phenoxy) is 2. The number of hydrazone groups is 1. The molecule has 0 spiro atoms. The Hall–Kier alpha value is -2.22. The Labute approximate surface area is 157 Å². The molecule has 7 nitrogen and oxygen atoms in total. The van der Waals surface area contributed by atoms with E-state index in [1.54, 1.807) is 18.2 Å².